The molecule has 3 heterocycles. The molecule has 1 spiro atoms. The van der Waals surface area contributed by atoms with Crippen LogP contribution in [0.1, 0.15) is 23.3 Å². The number of alkyl halides is 3. The predicted octanol–water partition coefficient (Wildman–Crippen LogP) is 0.523. The molecule has 13 heteroatoms. The van der Waals surface area contributed by atoms with Gasteiger partial charge in [0.1, 0.15) is 17.9 Å². The first kappa shape index (κ1) is 23.0. The molecule has 10 nitrogen and oxygen atoms in total. The van der Waals surface area contributed by atoms with Crippen LogP contribution in [0.15, 0.2) is 12.3 Å². The summed E-state index contributed by atoms with van der Waals surface area (Å²) in [4.78, 5) is 37.3. The summed E-state index contributed by atoms with van der Waals surface area (Å²) >= 11 is 0. The summed E-state index contributed by atoms with van der Waals surface area (Å²) in [6.07, 6.45) is -1.14. The monoisotopic (exact) mass is 448 g/mol. The Balaban J connectivity index is 0.000000339. The quantitative estimate of drug-likeness (QED) is 0.691. The van der Waals surface area contributed by atoms with E-state index in [0.717, 1.165) is 6.54 Å². The van der Waals surface area contributed by atoms with Crippen LogP contribution in [0.2, 0.25) is 0 Å². The van der Waals surface area contributed by atoms with E-state index in [1.54, 1.807) is 17.2 Å². The summed E-state index contributed by atoms with van der Waals surface area (Å²) in [5.74, 6) is -2.22. The van der Waals surface area contributed by atoms with Gasteiger partial charge in [0.25, 0.3) is 5.91 Å². The maximum atomic E-state index is 12.6. The summed E-state index contributed by atoms with van der Waals surface area (Å²) in [7, 11) is 0. The molecule has 2 aliphatic heterocycles. The Bertz CT molecular complexity index is 799. The molecule has 31 heavy (non-hydrogen) atoms. The molecule has 0 aromatic carbocycles. The number of nitrogens with one attached hydrogen (secondary N) is 1. The largest absolute Gasteiger partial charge is 0.490 e. The summed E-state index contributed by atoms with van der Waals surface area (Å²) in [5, 5.41) is 13.7. The molecule has 4 rings (SSSR count). The van der Waals surface area contributed by atoms with E-state index in [9.17, 15) is 22.8 Å². The molecule has 1 atom stereocenters. The first-order valence-electron chi connectivity index (χ1n) is 9.68. The number of aliphatic carboxylic acids is 1. The Labute approximate surface area is 175 Å². The number of nitrogens with zero attached hydrogens (tertiary/aromatic N) is 3. The van der Waals surface area contributed by atoms with E-state index >= 15 is 0 Å². The molecule has 2 amide bonds. The van der Waals surface area contributed by atoms with Crippen molar-refractivity contribution in [3.05, 3.63) is 18.0 Å². The predicted molar refractivity (Wildman–Crippen MR) is 97.0 cm³/mol. The van der Waals surface area contributed by atoms with Crippen molar-refractivity contribution in [3.8, 4) is 0 Å². The number of ether oxygens (including phenoxy) is 2. The molecule has 1 saturated carbocycles. The van der Waals surface area contributed by atoms with Crippen molar-refractivity contribution in [2.45, 2.75) is 24.6 Å². The molecule has 1 aromatic heterocycles. The summed E-state index contributed by atoms with van der Waals surface area (Å²) in [5.41, 5.74) is -0.191. The number of H-pyrrole nitrogens is 1. The molecule has 0 radical (unpaired) electrons. The van der Waals surface area contributed by atoms with Crippen LogP contribution in [0.3, 0.4) is 0 Å². The van der Waals surface area contributed by atoms with Gasteiger partial charge in [0, 0.05) is 19.3 Å². The Hall–Kier alpha value is -2.67. The van der Waals surface area contributed by atoms with Crippen molar-refractivity contribution in [1.82, 2.24) is 20.0 Å². The van der Waals surface area contributed by atoms with Gasteiger partial charge in [0.15, 0.2) is 0 Å². The van der Waals surface area contributed by atoms with E-state index in [1.165, 1.54) is 12.8 Å². The van der Waals surface area contributed by atoms with Gasteiger partial charge < -0.3 is 24.4 Å². The van der Waals surface area contributed by atoms with Crippen LogP contribution < -0.4 is 0 Å². The second kappa shape index (κ2) is 9.22. The van der Waals surface area contributed by atoms with Crippen molar-refractivity contribution in [2.75, 3.05) is 46.0 Å². The fourth-order valence-electron chi connectivity index (χ4n) is 3.37. The van der Waals surface area contributed by atoms with E-state index in [0.29, 0.717) is 44.5 Å². The first-order chi connectivity index (χ1) is 14.6. The lowest BCUT2D eigenvalue weighted by molar-refractivity contribution is -0.192. The van der Waals surface area contributed by atoms with Crippen molar-refractivity contribution in [3.63, 3.8) is 0 Å². The SMILES string of the molecule is O=C(O)C(F)(F)F.O=C1COC2(COCCN(C(=O)c3ccn[nH]3)C2)CN1CC1CC1. The number of carboxylic acids is 1. The average molecular weight is 448 g/mol. The number of rotatable bonds is 3. The van der Waals surface area contributed by atoms with Gasteiger partial charge in [-0.2, -0.15) is 18.3 Å². The lowest BCUT2D eigenvalue weighted by atomic mass is 10.0. The van der Waals surface area contributed by atoms with Crippen LogP contribution in [0.5, 0.6) is 0 Å². The zero-order chi connectivity index (χ0) is 22.6. The Kier molecular flexibility index (Phi) is 6.84. The Morgan fingerprint density at radius 1 is 1.32 bits per heavy atom. The summed E-state index contributed by atoms with van der Waals surface area (Å²) in [6.45, 7) is 3.10. The number of aromatic nitrogens is 2. The molecule has 2 saturated heterocycles. The van der Waals surface area contributed by atoms with Gasteiger partial charge in [0.2, 0.25) is 5.91 Å². The molecule has 0 bridgehead atoms. The van der Waals surface area contributed by atoms with E-state index in [2.05, 4.69) is 10.2 Å². The highest BCUT2D eigenvalue weighted by Gasteiger charge is 2.45. The van der Waals surface area contributed by atoms with Crippen LogP contribution in [-0.2, 0) is 19.1 Å². The molecular weight excluding hydrogens is 425 g/mol. The van der Waals surface area contributed by atoms with Crippen molar-refractivity contribution < 1.29 is 42.1 Å². The van der Waals surface area contributed by atoms with Crippen LogP contribution in [0.25, 0.3) is 0 Å². The van der Waals surface area contributed by atoms with E-state index in [-0.39, 0.29) is 18.4 Å². The van der Waals surface area contributed by atoms with Gasteiger partial charge in [-0.3, -0.25) is 14.7 Å². The summed E-state index contributed by atoms with van der Waals surface area (Å²) < 4.78 is 43.3. The van der Waals surface area contributed by atoms with Crippen LogP contribution in [0.4, 0.5) is 13.2 Å². The lowest BCUT2D eigenvalue weighted by Crippen LogP contribution is -2.61. The molecule has 2 N–H and O–H groups in total. The normalized spacial score (nSPS) is 24.4. The molecule has 3 aliphatic rings. The highest BCUT2D eigenvalue weighted by Crippen LogP contribution is 2.32. The minimum absolute atomic E-state index is 0.0308. The van der Waals surface area contributed by atoms with Crippen molar-refractivity contribution in [1.29, 1.82) is 0 Å². The topological polar surface area (TPSA) is 125 Å². The first-order valence-corrected chi connectivity index (χ1v) is 9.68. The van der Waals surface area contributed by atoms with Gasteiger partial charge in [-0.25, -0.2) is 4.79 Å². The number of amides is 2. The second-order valence-electron chi connectivity index (χ2n) is 7.74. The standard InChI is InChI=1S/C16H22N4O4.C2HF3O2/c21-14-8-24-16(10-20(14)7-12-1-2-12)9-19(5-6-23-11-16)15(22)13-3-4-17-18-13;3-2(4,5)1(6)7/h3-4,12H,1-2,5-11H2,(H,17,18);(H,6,7). The van der Waals surface area contributed by atoms with Gasteiger partial charge in [-0.1, -0.05) is 0 Å². The number of aromatic amines is 1. The molecule has 1 aromatic rings. The zero-order valence-electron chi connectivity index (χ0n) is 16.6. The molecule has 172 valence electrons. The van der Waals surface area contributed by atoms with Gasteiger partial charge in [0.05, 0.1) is 26.3 Å². The second-order valence-corrected chi connectivity index (χ2v) is 7.74. The van der Waals surface area contributed by atoms with Gasteiger partial charge in [-0.05, 0) is 24.8 Å². The van der Waals surface area contributed by atoms with E-state index in [1.807, 2.05) is 4.90 Å². The molecule has 3 fully saturated rings. The molecule has 1 unspecified atom stereocenters. The number of halogens is 3. The van der Waals surface area contributed by atoms with E-state index in [4.69, 9.17) is 19.4 Å². The average Bonchev–Trinajstić information content (AvgIpc) is 3.40. The Morgan fingerprint density at radius 3 is 2.61 bits per heavy atom. The highest BCUT2D eigenvalue weighted by molar-refractivity contribution is 5.92. The van der Waals surface area contributed by atoms with Crippen LogP contribution in [-0.4, -0.2) is 101 Å². The van der Waals surface area contributed by atoms with Crippen LogP contribution >= 0.6 is 0 Å². The third kappa shape index (κ3) is 6.17. The number of hydrogen-bond acceptors (Lipinski definition) is 6. The maximum absolute atomic E-state index is 12.6. The van der Waals surface area contributed by atoms with E-state index < -0.39 is 17.7 Å². The van der Waals surface area contributed by atoms with Crippen molar-refractivity contribution >= 4 is 17.8 Å². The third-order valence-electron chi connectivity index (χ3n) is 5.12. The minimum atomic E-state index is -5.08. The highest BCUT2D eigenvalue weighted by atomic mass is 19.4. The molecule has 1 aliphatic carbocycles. The van der Waals surface area contributed by atoms with Crippen molar-refractivity contribution in [2.24, 2.45) is 5.92 Å². The number of morpholine rings is 1. The number of hydrogen-bond donors (Lipinski definition) is 2. The van der Waals surface area contributed by atoms with Crippen LogP contribution in [0, 0.1) is 5.92 Å². The Morgan fingerprint density at radius 2 is 2.03 bits per heavy atom. The lowest BCUT2D eigenvalue weighted by Gasteiger charge is -2.43. The smallest absolute Gasteiger partial charge is 0.475 e. The number of carboxylic acid groups (broad SMARTS) is 1. The summed E-state index contributed by atoms with van der Waals surface area (Å²) in [6, 6.07) is 1.66. The molecular formula is C18H23F3N4O6. The van der Waals surface area contributed by atoms with Gasteiger partial charge >= 0.3 is 12.1 Å². The number of carbonyl (C=O) groups excluding carboxylic acids is 2. The number of carbonyl (C=O) groups is 3. The fourth-order valence-corrected chi connectivity index (χ4v) is 3.37. The fraction of sp³-hybridized carbons (Fsp3) is 0.667. The van der Waals surface area contributed by atoms with Gasteiger partial charge in [-0.15, -0.1) is 0 Å². The third-order valence-corrected chi connectivity index (χ3v) is 5.12. The zero-order valence-corrected chi connectivity index (χ0v) is 16.6. The minimum Gasteiger partial charge on any atom is -0.475 e. The maximum Gasteiger partial charge on any atom is 0.490 e.